The van der Waals surface area contributed by atoms with Crippen molar-refractivity contribution in [2.24, 2.45) is 5.92 Å². The fourth-order valence-electron chi connectivity index (χ4n) is 2.26. The molecule has 3 rings (SSSR count). The van der Waals surface area contributed by atoms with E-state index in [1.807, 2.05) is 11.6 Å². The Morgan fingerprint density at radius 2 is 2.44 bits per heavy atom. The largest absolute Gasteiger partial charge is 0.307 e. The minimum atomic E-state index is 0.679. The van der Waals surface area contributed by atoms with Crippen LogP contribution in [0.4, 0.5) is 0 Å². The summed E-state index contributed by atoms with van der Waals surface area (Å²) in [6.07, 6.45) is 12.6. The Hall–Kier alpha value is -0.930. The quantitative estimate of drug-likeness (QED) is 0.863. The van der Waals surface area contributed by atoms with Crippen molar-refractivity contribution >= 4 is 11.3 Å². The van der Waals surface area contributed by atoms with Gasteiger partial charge in [0.25, 0.3) is 0 Å². The standard InChI is InChI=1S/C13H16N2S/c1-2-4-10(5-3-1)11-8-12(11)15-9-13-14-6-7-16-13/h2,4-7,11-12,15H,1,3,8-9H2/t11?,12-/m0/s1. The van der Waals surface area contributed by atoms with Crippen LogP contribution in [0.5, 0.6) is 0 Å². The van der Waals surface area contributed by atoms with Crippen LogP contribution in [0.1, 0.15) is 24.3 Å². The molecule has 1 heterocycles. The molecule has 0 saturated heterocycles. The normalized spacial score (nSPS) is 27.9. The summed E-state index contributed by atoms with van der Waals surface area (Å²) in [4.78, 5) is 4.28. The first-order chi connectivity index (χ1) is 7.93. The van der Waals surface area contributed by atoms with Crippen molar-refractivity contribution in [3.8, 4) is 0 Å². The fourth-order valence-corrected chi connectivity index (χ4v) is 2.82. The molecule has 0 amide bonds. The van der Waals surface area contributed by atoms with E-state index >= 15 is 0 Å². The van der Waals surface area contributed by atoms with Gasteiger partial charge in [0.05, 0.1) is 0 Å². The molecule has 0 aliphatic heterocycles. The van der Waals surface area contributed by atoms with Gasteiger partial charge in [-0.25, -0.2) is 4.98 Å². The van der Waals surface area contributed by atoms with Gasteiger partial charge < -0.3 is 5.32 Å². The summed E-state index contributed by atoms with van der Waals surface area (Å²) in [6.45, 7) is 0.926. The van der Waals surface area contributed by atoms with Crippen LogP contribution in [0.25, 0.3) is 0 Å². The topological polar surface area (TPSA) is 24.9 Å². The zero-order chi connectivity index (χ0) is 10.8. The summed E-state index contributed by atoms with van der Waals surface area (Å²) < 4.78 is 0. The first-order valence-electron chi connectivity index (χ1n) is 5.92. The van der Waals surface area contributed by atoms with Gasteiger partial charge in [0, 0.05) is 30.1 Å². The van der Waals surface area contributed by atoms with Crippen LogP contribution in [-0.2, 0) is 6.54 Å². The molecule has 2 nitrogen and oxygen atoms in total. The Balaban J connectivity index is 1.49. The van der Waals surface area contributed by atoms with E-state index in [0.29, 0.717) is 6.04 Å². The molecule has 1 unspecified atom stereocenters. The highest BCUT2D eigenvalue weighted by Crippen LogP contribution is 2.39. The maximum Gasteiger partial charge on any atom is 0.106 e. The number of aromatic nitrogens is 1. The van der Waals surface area contributed by atoms with Gasteiger partial charge in [0.15, 0.2) is 0 Å². The second kappa shape index (κ2) is 4.52. The van der Waals surface area contributed by atoms with Crippen LogP contribution in [0.15, 0.2) is 35.4 Å². The second-order valence-corrected chi connectivity index (χ2v) is 5.42. The number of rotatable bonds is 4. The zero-order valence-corrected chi connectivity index (χ0v) is 10.0. The molecular weight excluding hydrogens is 216 g/mol. The Bertz CT molecular complexity index is 406. The average molecular weight is 232 g/mol. The highest BCUT2D eigenvalue weighted by atomic mass is 32.1. The Kier molecular flexibility index (Phi) is 2.89. The lowest BCUT2D eigenvalue weighted by Crippen LogP contribution is -2.17. The number of hydrogen-bond acceptors (Lipinski definition) is 3. The summed E-state index contributed by atoms with van der Waals surface area (Å²) >= 11 is 1.73. The molecule has 0 aromatic carbocycles. The van der Waals surface area contributed by atoms with Gasteiger partial charge in [-0.15, -0.1) is 11.3 Å². The van der Waals surface area contributed by atoms with Crippen LogP contribution in [0.2, 0.25) is 0 Å². The van der Waals surface area contributed by atoms with Crippen LogP contribution < -0.4 is 5.32 Å². The van der Waals surface area contributed by atoms with Crippen LogP contribution >= 0.6 is 11.3 Å². The van der Waals surface area contributed by atoms with Crippen molar-refractivity contribution in [3.05, 3.63) is 40.4 Å². The molecule has 2 aliphatic rings. The van der Waals surface area contributed by atoms with E-state index in [2.05, 4.69) is 28.5 Å². The maximum absolute atomic E-state index is 4.28. The van der Waals surface area contributed by atoms with Crippen LogP contribution in [0.3, 0.4) is 0 Å². The predicted octanol–water partition coefficient (Wildman–Crippen LogP) is 2.90. The summed E-state index contributed by atoms with van der Waals surface area (Å²) in [5.41, 5.74) is 1.54. The number of allylic oxidation sites excluding steroid dienone is 3. The van der Waals surface area contributed by atoms with Crippen molar-refractivity contribution in [3.63, 3.8) is 0 Å². The van der Waals surface area contributed by atoms with E-state index in [-0.39, 0.29) is 0 Å². The average Bonchev–Trinajstić information content (AvgIpc) is 2.93. The molecule has 0 bridgehead atoms. The molecule has 1 aromatic heterocycles. The van der Waals surface area contributed by atoms with E-state index < -0.39 is 0 Å². The summed E-state index contributed by atoms with van der Waals surface area (Å²) in [7, 11) is 0. The molecule has 2 atom stereocenters. The van der Waals surface area contributed by atoms with E-state index in [1.165, 1.54) is 24.3 Å². The molecule has 1 saturated carbocycles. The Morgan fingerprint density at radius 3 is 3.19 bits per heavy atom. The van der Waals surface area contributed by atoms with Gasteiger partial charge in [0.2, 0.25) is 0 Å². The van der Waals surface area contributed by atoms with Gasteiger partial charge in [0.1, 0.15) is 5.01 Å². The van der Waals surface area contributed by atoms with Crippen molar-refractivity contribution in [1.82, 2.24) is 10.3 Å². The third-order valence-electron chi connectivity index (χ3n) is 3.24. The van der Waals surface area contributed by atoms with Gasteiger partial charge >= 0.3 is 0 Å². The third kappa shape index (κ3) is 2.25. The first-order valence-corrected chi connectivity index (χ1v) is 6.80. The molecule has 16 heavy (non-hydrogen) atoms. The van der Waals surface area contributed by atoms with Gasteiger partial charge in [-0.05, 0) is 24.8 Å². The van der Waals surface area contributed by atoms with E-state index in [9.17, 15) is 0 Å². The van der Waals surface area contributed by atoms with Crippen molar-refractivity contribution < 1.29 is 0 Å². The maximum atomic E-state index is 4.28. The summed E-state index contributed by atoms with van der Waals surface area (Å²) in [5, 5.41) is 6.81. The first kappa shape index (κ1) is 10.2. The van der Waals surface area contributed by atoms with E-state index in [4.69, 9.17) is 0 Å². The molecule has 1 N–H and O–H groups in total. The molecule has 0 spiro atoms. The fraction of sp³-hybridized carbons (Fsp3) is 0.462. The van der Waals surface area contributed by atoms with Gasteiger partial charge in [-0.2, -0.15) is 0 Å². The van der Waals surface area contributed by atoms with Crippen molar-refractivity contribution in [1.29, 1.82) is 0 Å². The van der Waals surface area contributed by atoms with E-state index in [0.717, 1.165) is 12.5 Å². The highest BCUT2D eigenvalue weighted by Gasteiger charge is 2.38. The summed E-state index contributed by atoms with van der Waals surface area (Å²) in [5.74, 6) is 0.761. The van der Waals surface area contributed by atoms with Crippen molar-refractivity contribution in [2.75, 3.05) is 0 Å². The monoisotopic (exact) mass is 232 g/mol. The predicted molar refractivity (Wildman–Crippen MR) is 67.3 cm³/mol. The Labute approximate surface area is 100 Å². The molecule has 2 aliphatic carbocycles. The zero-order valence-electron chi connectivity index (χ0n) is 9.23. The molecule has 3 heteroatoms. The minimum absolute atomic E-state index is 0.679. The SMILES string of the molecule is C1=CC(C2C[C@@H]2NCc2nccs2)=CCC1. The minimum Gasteiger partial charge on any atom is -0.307 e. The highest BCUT2D eigenvalue weighted by molar-refractivity contribution is 7.09. The van der Waals surface area contributed by atoms with Crippen LogP contribution in [-0.4, -0.2) is 11.0 Å². The second-order valence-electron chi connectivity index (χ2n) is 4.44. The van der Waals surface area contributed by atoms with E-state index in [1.54, 1.807) is 16.9 Å². The molecule has 0 radical (unpaired) electrons. The Morgan fingerprint density at radius 1 is 1.44 bits per heavy atom. The molecule has 1 fully saturated rings. The lowest BCUT2D eigenvalue weighted by Gasteiger charge is -2.06. The summed E-state index contributed by atoms with van der Waals surface area (Å²) in [6, 6.07) is 0.679. The van der Waals surface area contributed by atoms with Crippen molar-refractivity contribution in [2.45, 2.75) is 31.8 Å². The van der Waals surface area contributed by atoms with Crippen LogP contribution in [0, 0.1) is 5.92 Å². The number of nitrogens with zero attached hydrogens (tertiary/aromatic N) is 1. The number of nitrogens with one attached hydrogen (secondary N) is 1. The lowest BCUT2D eigenvalue weighted by atomic mass is 10.0. The molecular formula is C13H16N2S. The van der Waals surface area contributed by atoms with Gasteiger partial charge in [-0.1, -0.05) is 18.2 Å². The van der Waals surface area contributed by atoms with Gasteiger partial charge in [-0.3, -0.25) is 0 Å². The lowest BCUT2D eigenvalue weighted by molar-refractivity contribution is 0.658. The number of thiazole rings is 1. The smallest absolute Gasteiger partial charge is 0.106 e. The third-order valence-corrected chi connectivity index (χ3v) is 4.02. The molecule has 1 aromatic rings. The number of hydrogen-bond donors (Lipinski definition) is 1. The molecule has 84 valence electrons.